The van der Waals surface area contributed by atoms with Crippen LogP contribution in [-0.2, 0) is 7.05 Å². The van der Waals surface area contributed by atoms with E-state index in [1.54, 1.807) is 6.92 Å². The van der Waals surface area contributed by atoms with Crippen LogP contribution in [0, 0.1) is 18.8 Å². The molecule has 0 aliphatic heterocycles. The zero-order valence-corrected chi connectivity index (χ0v) is 14.6. The lowest BCUT2D eigenvalue weighted by Gasteiger charge is -2.01. The van der Waals surface area contributed by atoms with E-state index in [4.69, 9.17) is 0 Å². The highest BCUT2D eigenvalue weighted by molar-refractivity contribution is 5.59. The van der Waals surface area contributed by atoms with E-state index in [-0.39, 0.29) is 17.3 Å². The van der Waals surface area contributed by atoms with Gasteiger partial charge in [0.1, 0.15) is 5.69 Å². The Balaban J connectivity index is 1.69. The molecule has 27 heavy (non-hydrogen) atoms. The summed E-state index contributed by atoms with van der Waals surface area (Å²) in [5, 5.41) is 4.21. The van der Waals surface area contributed by atoms with Crippen LogP contribution in [0.1, 0.15) is 29.5 Å². The van der Waals surface area contributed by atoms with Crippen molar-refractivity contribution in [3.05, 3.63) is 65.6 Å². The molecule has 0 aliphatic carbocycles. The molecule has 134 valence electrons. The van der Waals surface area contributed by atoms with Crippen LogP contribution in [0.2, 0.25) is 0 Å². The lowest BCUT2D eigenvalue weighted by Crippen LogP contribution is -2.00. The predicted octanol–water partition coefficient (Wildman–Crippen LogP) is 3.17. The van der Waals surface area contributed by atoms with Gasteiger partial charge < -0.3 is 4.57 Å². The first-order chi connectivity index (χ1) is 13.0. The number of aromatic nitrogens is 6. The zero-order chi connectivity index (χ0) is 19.0. The Bertz CT molecular complexity index is 1180. The number of fused-ring (bicyclic) bond motifs is 1. The van der Waals surface area contributed by atoms with E-state index in [0.717, 1.165) is 11.3 Å². The number of aryl methyl sites for hydroxylation is 2. The van der Waals surface area contributed by atoms with Gasteiger partial charge in [-0.3, -0.25) is 0 Å². The van der Waals surface area contributed by atoms with Crippen LogP contribution in [0.25, 0.3) is 17.0 Å². The maximum absolute atomic E-state index is 12.9. The minimum Gasteiger partial charge on any atom is -0.327 e. The molecule has 0 fully saturated rings. The van der Waals surface area contributed by atoms with Crippen molar-refractivity contribution >= 4 is 5.78 Å². The molecule has 3 heterocycles. The molecule has 8 heteroatoms. The highest BCUT2D eigenvalue weighted by atomic mass is 19.3. The summed E-state index contributed by atoms with van der Waals surface area (Å²) in [6, 6.07) is 11.1. The summed E-state index contributed by atoms with van der Waals surface area (Å²) in [7, 11) is 1.85. The molecule has 0 saturated carbocycles. The SMILES string of the molecule is Cc1cc(C(F)F)nc2nc(C#Cc3nc(-c4ccccc4)cn3C)nn12. The van der Waals surface area contributed by atoms with Gasteiger partial charge in [-0.1, -0.05) is 30.3 Å². The lowest BCUT2D eigenvalue weighted by atomic mass is 10.2. The topological polar surface area (TPSA) is 60.9 Å². The van der Waals surface area contributed by atoms with Crippen LogP contribution in [-0.4, -0.2) is 29.1 Å². The largest absolute Gasteiger partial charge is 0.327 e. The summed E-state index contributed by atoms with van der Waals surface area (Å²) in [6.07, 6.45) is -0.777. The standard InChI is InChI=1S/C19H14F2N6/c1-12-10-14(18(20)21)23-19-24-16(25-27(12)19)8-9-17-22-15(11-26(17)2)13-6-4-3-5-7-13/h3-7,10-11,18H,1-2H3. The second kappa shape index (κ2) is 6.61. The van der Waals surface area contributed by atoms with Gasteiger partial charge in [-0.05, 0) is 24.8 Å². The molecular weight excluding hydrogens is 350 g/mol. The van der Waals surface area contributed by atoms with E-state index in [2.05, 4.69) is 31.9 Å². The Hall–Kier alpha value is -3.60. The van der Waals surface area contributed by atoms with Crippen LogP contribution < -0.4 is 0 Å². The number of hydrogen-bond acceptors (Lipinski definition) is 4. The first kappa shape index (κ1) is 16.8. The fraction of sp³-hybridized carbons (Fsp3) is 0.158. The van der Waals surface area contributed by atoms with Crippen LogP contribution in [0.4, 0.5) is 8.78 Å². The Kier molecular flexibility index (Phi) is 4.12. The molecule has 3 aromatic heterocycles. The first-order valence-corrected chi connectivity index (χ1v) is 8.14. The average molecular weight is 364 g/mol. The third kappa shape index (κ3) is 3.27. The van der Waals surface area contributed by atoms with Gasteiger partial charge in [0, 0.05) is 24.5 Å². The minimum atomic E-state index is -2.66. The maximum Gasteiger partial charge on any atom is 0.280 e. The van der Waals surface area contributed by atoms with Gasteiger partial charge in [0.25, 0.3) is 12.2 Å². The molecule has 0 radical (unpaired) electrons. The number of nitrogens with zero attached hydrogens (tertiary/aromatic N) is 6. The number of rotatable bonds is 2. The van der Waals surface area contributed by atoms with E-state index in [1.807, 2.05) is 48.1 Å². The molecule has 4 aromatic rings. The lowest BCUT2D eigenvalue weighted by molar-refractivity contribution is 0.146. The zero-order valence-electron chi connectivity index (χ0n) is 14.6. The monoisotopic (exact) mass is 364 g/mol. The van der Waals surface area contributed by atoms with Gasteiger partial charge in [-0.2, -0.15) is 4.98 Å². The molecule has 0 amide bonds. The molecule has 0 unspecified atom stereocenters. The second-order valence-corrected chi connectivity index (χ2v) is 5.95. The van der Waals surface area contributed by atoms with Crippen molar-refractivity contribution in [1.82, 2.24) is 29.1 Å². The van der Waals surface area contributed by atoms with Crippen molar-refractivity contribution in [2.24, 2.45) is 7.05 Å². The van der Waals surface area contributed by atoms with E-state index in [1.165, 1.54) is 10.6 Å². The summed E-state index contributed by atoms with van der Waals surface area (Å²) in [4.78, 5) is 12.5. The molecule has 0 atom stereocenters. The quantitative estimate of drug-likeness (QED) is 0.513. The summed E-state index contributed by atoms with van der Waals surface area (Å²) in [5.74, 6) is 6.59. The number of benzene rings is 1. The number of hydrogen-bond donors (Lipinski definition) is 0. The van der Waals surface area contributed by atoms with Crippen molar-refractivity contribution < 1.29 is 8.78 Å². The third-order valence-corrected chi connectivity index (χ3v) is 3.97. The van der Waals surface area contributed by atoms with Gasteiger partial charge in [0.05, 0.1) is 5.69 Å². The van der Waals surface area contributed by atoms with Gasteiger partial charge >= 0.3 is 0 Å². The molecular formula is C19H14F2N6. The average Bonchev–Trinajstić information content (AvgIpc) is 3.24. The fourth-order valence-corrected chi connectivity index (χ4v) is 2.64. The molecule has 0 spiro atoms. The van der Waals surface area contributed by atoms with Crippen molar-refractivity contribution in [3.8, 4) is 23.1 Å². The summed E-state index contributed by atoms with van der Waals surface area (Å²) < 4.78 is 29.0. The molecule has 4 rings (SSSR count). The highest BCUT2D eigenvalue weighted by Gasteiger charge is 2.14. The Morgan fingerprint density at radius 2 is 1.81 bits per heavy atom. The normalized spacial score (nSPS) is 11.0. The number of alkyl halides is 2. The van der Waals surface area contributed by atoms with Crippen LogP contribution >= 0.6 is 0 Å². The van der Waals surface area contributed by atoms with Gasteiger partial charge in [-0.25, -0.2) is 23.3 Å². The molecule has 0 bridgehead atoms. The van der Waals surface area contributed by atoms with E-state index < -0.39 is 6.43 Å². The van der Waals surface area contributed by atoms with Crippen LogP contribution in [0.5, 0.6) is 0 Å². The van der Waals surface area contributed by atoms with Crippen LogP contribution in [0.3, 0.4) is 0 Å². The van der Waals surface area contributed by atoms with Crippen molar-refractivity contribution in [2.45, 2.75) is 13.3 Å². The predicted molar refractivity (Wildman–Crippen MR) is 95.1 cm³/mol. The summed E-state index contributed by atoms with van der Waals surface area (Å²) in [5.41, 5.74) is 1.98. The Labute approximate surface area is 153 Å². The fourth-order valence-electron chi connectivity index (χ4n) is 2.64. The third-order valence-electron chi connectivity index (χ3n) is 3.97. The molecule has 0 N–H and O–H groups in total. The summed E-state index contributed by atoms with van der Waals surface area (Å²) in [6.45, 7) is 1.66. The maximum atomic E-state index is 12.9. The number of halogens is 2. The molecule has 6 nitrogen and oxygen atoms in total. The smallest absolute Gasteiger partial charge is 0.280 e. The van der Waals surface area contributed by atoms with E-state index in [0.29, 0.717) is 11.5 Å². The van der Waals surface area contributed by atoms with Crippen LogP contribution in [0.15, 0.2) is 42.6 Å². The van der Waals surface area contributed by atoms with Crippen molar-refractivity contribution in [1.29, 1.82) is 0 Å². The van der Waals surface area contributed by atoms with Crippen molar-refractivity contribution in [3.63, 3.8) is 0 Å². The van der Waals surface area contributed by atoms with Gasteiger partial charge in [-0.15, -0.1) is 5.10 Å². The van der Waals surface area contributed by atoms with E-state index >= 15 is 0 Å². The summed E-state index contributed by atoms with van der Waals surface area (Å²) >= 11 is 0. The number of imidazole rings is 1. The minimum absolute atomic E-state index is 0.0967. The van der Waals surface area contributed by atoms with Gasteiger partial charge in [0.2, 0.25) is 5.82 Å². The Morgan fingerprint density at radius 3 is 2.56 bits per heavy atom. The van der Waals surface area contributed by atoms with Gasteiger partial charge in [0.15, 0.2) is 5.82 Å². The molecule has 0 saturated heterocycles. The molecule has 1 aromatic carbocycles. The molecule has 0 aliphatic rings. The van der Waals surface area contributed by atoms with Crippen molar-refractivity contribution in [2.75, 3.05) is 0 Å². The first-order valence-electron chi connectivity index (χ1n) is 8.14. The van der Waals surface area contributed by atoms with E-state index in [9.17, 15) is 8.78 Å². The second-order valence-electron chi connectivity index (χ2n) is 5.95. The Morgan fingerprint density at radius 1 is 1.04 bits per heavy atom. The highest BCUT2D eigenvalue weighted by Crippen LogP contribution is 2.19.